The summed E-state index contributed by atoms with van der Waals surface area (Å²) in [6.45, 7) is 0.664. The van der Waals surface area contributed by atoms with E-state index in [-0.39, 0.29) is 0 Å². The molecule has 4 aromatic rings. The van der Waals surface area contributed by atoms with Gasteiger partial charge in [-0.1, -0.05) is 97.8 Å². The molecule has 0 atom stereocenters. The molecule has 1 saturated carbocycles. The summed E-state index contributed by atoms with van der Waals surface area (Å²) in [5.41, 5.74) is 4.88. The second-order valence-electron chi connectivity index (χ2n) is 9.13. The molecule has 0 aliphatic heterocycles. The van der Waals surface area contributed by atoms with Gasteiger partial charge in [-0.15, -0.1) is 0 Å². The van der Waals surface area contributed by atoms with Crippen LogP contribution in [0.2, 0.25) is 10.0 Å². The van der Waals surface area contributed by atoms with Crippen LogP contribution in [0.4, 0.5) is 0 Å². The van der Waals surface area contributed by atoms with Gasteiger partial charge in [0.05, 0.1) is 26.6 Å². The molecule has 1 aliphatic carbocycles. The summed E-state index contributed by atoms with van der Waals surface area (Å²) in [5, 5.41) is 10.6. The molecule has 6 heteroatoms. The molecule has 1 aliphatic rings. The number of aromatic carboxylic acids is 1. The van der Waals surface area contributed by atoms with Crippen LogP contribution in [-0.2, 0) is 13.0 Å². The van der Waals surface area contributed by atoms with E-state index in [9.17, 15) is 9.90 Å². The summed E-state index contributed by atoms with van der Waals surface area (Å²) in [5.74, 6) is 0.804. The first-order chi connectivity index (χ1) is 16.5. The lowest BCUT2D eigenvalue weighted by atomic mass is 9.87. The molecule has 0 spiro atoms. The van der Waals surface area contributed by atoms with Gasteiger partial charge in [-0.25, -0.2) is 9.78 Å². The highest BCUT2D eigenvalue weighted by atomic mass is 35.5. The molecular weight excluding hydrogens is 467 g/mol. The van der Waals surface area contributed by atoms with Crippen molar-refractivity contribution < 1.29 is 9.90 Å². The zero-order chi connectivity index (χ0) is 23.7. The molecule has 4 nitrogen and oxygen atoms in total. The summed E-state index contributed by atoms with van der Waals surface area (Å²) in [6, 6.07) is 18.9. The number of carboxylic acids is 1. The van der Waals surface area contributed by atoms with Crippen molar-refractivity contribution in [3.05, 3.63) is 87.7 Å². The number of rotatable bonds is 6. The zero-order valence-electron chi connectivity index (χ0n) is 18.8. The number of hydrogen-bond donors (Lipinski definition) is 1. The minimum atomic E-state index is -0.924. The van der Waals surface area contributed by atoms with Gasteiger partial charge in [-0.3, -0.25) is 0 Å². The molecule has 1 fully saturated rings. The quantitative estimate of drug-likeness (QED) is 0.297. The molecule has 0 saturated heterocycles. The van der Waals surface area contributed by atoms with Crippen LogP contribution in [0.25, 0.3) is 22.2 Å². The molecular formula is C28H26Cl2N2O2. The van der Waals surface area contributed by atoms with Gasteiger partial charge >= 0.3 is 5.97 Å². The lowest BCUT2D eigenvalue weighted by Crippen LogP contribution is -2.14. The molecule has 34 heavy (non-hydrogen) atoms. The second-order valence-corrected chi connectivity index (χ2v) is 9.94. The van der Waals surface area contributed by atoms with E-state index in [4.69, 9.17) is 28.2 Å². The van der Waals surface area contributed by atoms with E-state index in [1.807, 2.05) is 36.4 Å². The third-order valence-electron chi connectivity index (χ3n) is 6.83. The number of aromatic nitrogens is 2. The standard InChI is InChI=1S/C28H26Cl2N2O2/c29-23-15-25-26(16-24(23)30)32(27(31-25)14-18-6-2-1-3-7-18)17-19-10-12-20(13-11-19)21-8-4-5-9-22(21)28(33)34/h4-5,8-13,15-16,18H,1-3,6-7,14,17H2,(H,33,34). The minimum Gasteiger partial charge on any atom is -0.478 e. The van der Waals surface area contributed by atoms with Crippen molar-refractivity contribution >= 4 is 40.2 Å². The van der Waals surface area contributed by atoms with Gasteiger partial charge in [0.1, 0.15) is 5.82 Å². The summed E-state index contributed by atoms with van der Waals surface area (Å²) in [4.78, 5) is 16.6. The topological polar surface area (TPSA) is 55.1 Å². The van der Waals surface area contributed by atoms with E-state index in [1.165, 1.54) is 32.1 Å². The number of fused-ring (bicyclic) bond motifs is 1. The fourth-order valence-corrected chi connectivity index (χ4v) is 5.36. The van der Waals surface area contributed by atoms with Crippen molar-refractivity contribution in [2.75, 3.05) is 0 Å². The number of carboxylic acid groups (broad SMARTS) is 1. The maximum absolute atomic E-state index is 11.6. The number of hydrogen-bond acceptors (Lipinski definition) is 2. The van der Waals surface area contributed by atoms with E-state index >= 15 is 0 Å². The molecule has 174 valence electrons. The minimum absolute atomic E-state index is 0.303. The van der Waals surface area contributed by atoms with Crippen molar-refractivity contribution in [1.82, 2.24) is 9.55 Å². The van der Waals surface area contributed by atoms with Crippen molar-refractivity contribution in [2.45, 2.75) is 45.1 Å². The highest BCUT2D eigenvalue weighted by Crippen LogP contribution is 2.32. The van der Waals surface area contributed by atoms with Gasteiger partial charge in [0.25, 0.3) is 0 Å². The molecule has 0 amide bonds. The SMILES string of the molecule is O=C(O)c1ccccc1-c1ccc(Cn2c(CC3CCCCC3)nc3cc(Cl)c(Cl)cc32)cc1. The lowest BCUT2D eigenvalue weighted by molar-refractivity contribution is 0.0697. The van der Waals surface area contributed by atoms with Crippen LogP contribution in [0, 0.1) is 5.92 Å². The van der Waals surface area contributed by atoms with Crippen molar-refractivity contribution in [3.63, 3.8) is 0 Å². The van der Waals surface area contributed by atoms with Crippen molar-refractivity contribution in [1.29, 1.82) is 0 Å². The molecule has 1 heterocycles. The highest BCUT2D eigenvalue weighted by Gasteiger charge is 2.20. The molecule has 0 bridgehead atoms. The Kier molecular flexibility index (Phi) is 6.62. The first-order valence-electron chi connectivity index (χ1n) is 11.8. The number of imidazole rings is 1. The number of carbonyl (C=O) groups is 1. The first-order valence-corrected chi connectivity index (χ1v) is 12.5. The predicted molar refractivity (Wildman–Crippen MR) is 138 cm³/mol. The Balaban J connectivity index is 1.48. The summed E-state index contributed by atoms with van der Waals surface area (Å²) in [6.07, 6.45) is 7.37. The fraction of sp³-hybridized carbons (Fsp3) is 0.286. The Labute approximate surface area is 209 Å². The van der Waals surface area contributed by atoms with Crippen molar-refractivity contribution in [3.8, 4) is 11.1 Å². The summed E-state index contributed by atoms with van der Waals surface area (Å²) in [7, 11) is 0. The molecule has 1 aromatic heterocycles. The number of halogens is 2. The van der Waals surface area contributed by atoms with Crippen LogP contribution < -0.4 is 0 Å². The normalized spacial score (nSPS) is 14.5. The van der Waals surface area contributed by atoms with E-state index in [0.29, 0.717) is 33.6 Å². The summed E-state index contributed by atoms with van der Waals surface area (Å²) >= 11 is 12.7. The fourth-order valence-electron chi connectivity index (χ4n) is 5.05. The van der Waals surface area contributed by atoms with Gasteiger partial charge in [-0.2, -0.15) is 0 Å². The average Bonchev–Trinajstić information content (AvgIpc) is 3.16. The Morgan fingerprint density at radius 2 is 1.68 bits per heavy atom. The van der Waals surface area contributed by atoms with Crippen LogP contribution in [0.3, 0.4) is 0 Å². The van der Waals surface area contributed by atoms with Gasteiger partial charge in [0.2, 0.25) is 0 Å². The molecule has 3 aromatic carbocycles. The monoisotopic (exact) mass is 492 g/mol. The highest BCUT2D eigenvalue weighted by molar-refractivity contribution is 6.42. The van der Waals surface area contributed by atoms with E-state index in [1.54, 1.807) is 12.1 Å². The van der Waals surface area contributed by atoms with Crippen LogP contribution in [0.15, 0.2) is 60.7 Å². The lowest BCUT2D eigenvalue weighted by Gasteiger charge is -2.21. The Hall–Kier alpha value is -2.82. The van der Waals surface area contributed by atoms with E-state index in [0.717, 1.165) is 34.4 Å². The molecule has 0 radical (unpaired) electrons. The van der Waals surface area contributed by atoms with Gasteiger partial charge in [0.15, 0.2) is 0 Å². The third kappa shape index (κ3) is 4.70. The Bertz CT molecular complexity index is 1340. The Morgan fingerprint density at radius 3 is 2.41 bits per heavy atom. The molecule has 0 unspecified atom stereocenters. The maximum Gasteiger partial charge on any atom is 0.336 e. The smallest absolute Gasteiger partial charge is 0.336 e. The van der Waals surface area contributed by atoms with Gasteiger partial charge < -0.3 is 9.67 Å². The van der Waals surface area contributed by atoms with E-state index < -0.39 is 5.97 Å². The van der Waals surface area contributed by atoms with E-state index in [2.05, 4.69) is 16.7 Å². The first kappa shape index (κ1) is 22.9. The molecule has 1 N–H and O–H groups in total. The maximum atomic E-state index is 11.6. The van der Waals surface area contributed by atoms with Gasteiger partial charge in [0, 0.05) is 13.0 Å². The summed E-state index contributed by atoms with van der Waals surface area (Å²) < 4.78 is 2.26. The second kappa shape index (κ2) is 9.81. The van der Waals surface area contributed by atoms with Crippen LogP contribution in [-0.4, -0.2) is 20.6 Å². The van der Waals surface area contributed by atoms with Crippen molar-refractivity contribution in [2.24, 2.45) is 5.92 Å². The third-order valence-corrected chi connectivity index (χ3v) is 7.55. The van der Waals surface area contributed by atoms with Gasteiger partial charge in [-0.05, 0) is 40.8 Å². The Morgan fingerprint density at radius 1 is 0.971 bits per heavy atom. The van der Waals surface area contributed by atoms with Crippen LogP contribution in [0.1, 0.15) is 53.8 Å². The molecule has 5 rings (SSSR count). The predicted octanol–water partition coefficient (Wildman–Crippen LogP) is 7.88. The number of nitrogens with zero attached hydrogens (tertiary/aromatic N) is 2. The zero-order valence-corrected chi connectivity index (χ0v) is 20.3. The van der Waals surface area contributed by atoms with Crippen LogP contribution in [0.5, 0.6) is 0 Å². The number of benzene rings is 3. The average molecular weight is 493 g/mol. The largest absolute Gasteiger partial charge is 0.478 e. The van der Waals surface area contributed by atoms with Crippen LogP contribution >= 0.6 is 23.2 Å².